The Morgan fingerprint density at radius 2 is 1.81 bits per heavy atom. The van der Waals surface area contributed by atoms with Gasteiger partial charge in [-0.25, -0.2) is 4.39 Å². The van der Waals surface area contributed by atoms with Gasteiger partial charge in [-0.15, -0.1) is 0 Å². The summed E-state index contributed by atoms with van der Waals surface area (Å²) >= 11 is 0. The van der Waals surface area contributed by atoms with Gasteiger partial charge in [0.2, 0.25) is 0 Å². The molecule has 0 saturated heterocycles. The van der Waals surface area contributed by atoms with Crippen LogP contribution in [0.25, 0.3) is 0 Å². The van der Waals surface area contributed by atoms with Crippen LogP contribution in [0, 0.1) is 5.82 Å². The molecule has 0 amide bonds. The van der Waals surface area contributed by atoms with E-state index in [2.05, 4.69) is 18.3 Å². The van der Waals surface area contributed by atoms with E-state index in [9.17, 15) is 4.39 Å². The summed E-state index contributed by atoms with van der Waals surface area (Å²) in [6.45, 7) is 3.04. The van der Waals surface area contributed by atoms with Crippen molar-refractivity contribution in [2.24, 2.45) is 0 Å². The summed E-state index contributed by atoms with van der Waals surface area (Å²) in [5.41, 5.74) is 2.36. The van der Waals surface area contributed by atoms with E-state index in [0.29, 0.717) is 6.04 Å². The molecule has 0 fully saturated rings. The Balaban J connectivity index is 1.79. The van der Waals surface area contributed by atoms with Gasteiger partial charge in [0.15, 0.2) is 0 Å². The molecule has 21 heavy (non-hydrogen) atoms. The van der Waals surface area contributed by atoms with Gasteiger partial charge in [-0.1, -0.05) is 30.3 Å². The van der Waals surface area contributed by atoms with Crippen LogP contribution in [0.3, 0.4) is 0 Å². The Kier molecular flexibility index (Phi) is 5.76. The third-order valence-corrected chi connectivity index (χ3v) is 3.54. The number of methoxy groups -OCH3 is 1. The highest BCUT2D eigenvalue weighted by Crippen LogP contribution is 2.18. The minimum Gasteiger partial charge on any atom is -0.496 e. The van der Waals surface area contributed by atoms with Crippen molar-refractivity contribution in [3.05, 3.63) is 65.5 Å². The molecular formula is C18H22FNO. The van der Waals surface area contributed by atoms with E-state index in [4.69, 9.17) is 4.74 Å². The minimum absolute atomic E-state index is 0.184. The third-order valence-electron chi connectivity index (χ3n) is 3.54. The van der Waals surface area contributed by atoms with Gasteiger partial charge in [0.25, 0.3) is 0 Å². The Morgan fingerprint density at radius 3 is 2.52 bits per heavy atom. The first-order chi connectivity index (χ1) is 10.2. The van der Waals surface area contributed by atoms with Crippen molar-refractivity contribution in [2.75, 3.05) is 13.7 Å². The molecular weight excluding hydrogens is 265 g/mol. The molecule has 0 bridgehead atoms. The van der Waals surface area contributed by atoms with Gasteiger partial charge in [0, 0.05) is 6.04 Å². The lowest BCUT2D eigenvalue weighted by Gasteiger charge is -2.16. The number of nitrogens with one attached hydrogen (secondary N) is 1. The summed E-state index contributed by atoms with van der Waals surface area (Å²) in [5.74, 6) is 0.751. The maximum atomic E-state index is 12.8. The number of benzene rings is 2. The van der Waals surface area contributed by atoms with E-state index < -0.39 is 0 Å². The Bertz CT molecular complexity index is 553. The molecule has 0 aliphatic rings. The van der Waals surface area contributed by atoms with Crippen LogP contribution in [-0.4, -0.2) is 19.7 Å². The van der Waals surface area contributed by atoms with E-state index in [1.165, 1.54) is 17.7 Å². The van der Waals surface area contributed by atoms with E-state index >= 15 is 0 Å². The molecule has 0 radical (unpaired) electrons. The van der Waals surface area contributed by atoms with Crippen LogP contribution in [0.4, 0.5) is 4.39 Å². The lowest BCUT2D eigenvalue weighted by molar-refractivity contribution is 0.406. The summed E-state index contributed by atoms with van der Waals surface area (Å²) in [6.07, 6.45) is 1.82. The summed E-state index contributed by atoms with van der Waals surface area (Å²) in [5, 5.41) is 3.50. The van der Waals surface area contributed by atoms with Crippen molar-refractivity contribution in [2.45, 2.75) is 25.8 Å². The van der Waals surface area contributed by atoms with Crippen LogP contribution in [0.15, 0.2) is 48.5 Å². The molecule has 2 aromatic rings. The number of hydrogen-bond donors (Lipinski definition) is 1. The predicted molar refractivity (Wildman–Crippen MR) is 84.3 cm³/mol. The molecule has 2 nitrogen and oxygen atoms in total. The number of halogens is 1. The molecule has 1 atom stereocenters. The maximum absolute atomic E-state index is 12.8. The second-order valence-corrected chi connectivity index (χ2v) is 5.25. The highest BCUT2D eigenvalue weighted by molar-refractivity contribution is 5.33. The first-order valence-corrected chi connectivity index (χ1v) is 7.29. The molecule has 0 heterocycles. The SMILES string of the molecule is COc1ccccc1CC(C)NCCc1ccc(F)cc1. The highest BCUT2D eigenvalue weighted by Gasteiger charge is 2.07. The minimum atomic E-state index is -0.184. The predicted octanol–water partition coefficient (Wildman–Crippen LogP) is 3.60. The zero-order chi connectivity index (χ0) is 15.1. The van der Waals surface area contributed by atoms with Crippen molar-refractivity contribution >= 4 is 0 Å². The van der Waals surface area contributed by atoms with Gasteiger partial charge < -0.3 is 10.1 Å². The first kappa shape index (κ1) is 15.5. The van der Waals surface area contributed by atoms with Crippen LogP contribution >= 0.6 is 0 Å². The van der Waals surface area contributed by atoms with Crippen molar-refractivity contribution in [1.29, 1.82) is 0 Å². The largest absolute Gasteiger partial charge is 0.496 e. The lowest BCUT2D eigenvalue weighted by Crippen LogP contribution is -2.30. The van der Waals surface area contributed by atoms with Crippen LogP contribution in [0.2, 0.25) is 0 Å². The summed E-state index contributed by atoms with van der Waals surface area (Å²) in [6, 6.07) is 15.1. The average Bonchev–Trinajstić information content (AvgIpc) is 2.50. The fourth-order valence-electron chi connectivity index (χ4n) is 2.39. The normalized spacial score (nSPS) is 12.1. The Morgan fingerprint density at radius 1 is 1.10 bits per heavy atom. The topological polar surface area (TPSA) is 21.3 Å². The Hall–Kier alpha value is -1.87. The van der Waals surface area contributed by atoms with Crippen molar-refractivity contribution in [1.82, 2.24) is 5.32 Å². The van der Waals surface area contributed by atoms with Crippen LogP contribution < -0.4 is 10.1 Å². The van der Waals surface area contributed by atoms with Crippen molar-refractivity contribution in [3.63, 3.8) is 0 Å². The standard InChI is InChI=1S/C18H22FNO/c1-14(13-16-5-3-4-6-18(16)21-2)20-12-11-15-7-9-17(19)10-8-15/h3-10,14,20H,11-13H2,1-2H3. The molecule has 0 aliphatic heterocycles. The van der Waals surface area contributed by atoms with Gasteiger partial charge in [-0.2, -0.15) is 0 Å². The molecule has 112 valence electrons. The van der Waals surface area contributed by atoms with Gasteiger partial charge in [-0.3, -0.25) is 0 Å². The fraction of sp³-hybridized carbons (Fsp3) is 0.333. The zero-order valence-corrected chi connectivity index (χ0v) is 12.6. The second kappa shape index (κ2) is 7.79. The molecule has 0 saturated carbocycles. The smallest absolute Gasteiger partial charge is 0.123 e. The summed E-state index contributed by atoms with van der Waals surface area (Å²) in [7, 11) is 1.70. The van der Waals surface area contributed by atoms with Crippen molar-refractivity contribution < 1.29 is 9.13 Å². The number of para-hydroxylation sites is 1. The molecule has 1 N–H and O–H groups in total. The highest BCUT2D eigenvalue weighted by atomic mass is 19.1. The molecule has 0 aliphatic carbocycles. The summed E-state index contributed by atoms with van der Waals surface area (Å²) in [4.78, 5) is 0. The lowest BCUT2D eigenvalue weighted by atomic mass is 10.1. The number of rotatable bonds is 7. The van der Waals surface area contributed by atoms with Crippen LogP contribution in [0.5, 0.6) is 5.75 Å². The van der Waals surface area contributed by atoms with Gasteiger partial charge in [0.1, 0.15) is 11.6 Å². The molecule has 2 aromatic carbocycles. The first-order valence-electron chi connectivity index (χ1n) is 7.29. The molecule has 0 spiro atoms. The zero-order valence-electron chi connectivity index (χ0n) is 12.6. The second-order valence-electron chi connectivity index (χ2n) is 5.25. The number of hydrogen-bond acceptors (Lipinski definition) is 2. The van der Waals surface area contributed by atoms with E-state index in [0.717, 1.165) is 30.7 Å². The van der Waals surface area contributed by atoms with Gasteiger partial charge >= 0.3 is 0 Å². The average molecular weight is 287 g/mol. The van der Waals surface area contributed by atoms with E-state index in [1.807, 2.05) is 30.3 Å². The van der Waals surface area contributed by atoms with Gasteiger partial charge in [-0.05, 0) is 55.6 Å². The monoisotopic (exact) mass is 287 g/mol. The van der Waals surface area contributed by atoms with Crippen LogP contribution in [0.1, 0.15) is 18.1 Å². The molecule has 2 rings (SSSR count). The number of ether oxygens (including phenoxy) is 1. The van der Waals surface area contributed by atoms with Crippen LogP contribution in [-0.2, 0) is 12.8 Å². The Labute approximate surface area is 126 Å². The third kappa shape index (κ3) is 4.87. The molecule has 0 aromatic heterocycles. The van der Waals surface area contributed by atoms with E-state index in [-0.39, 0.29) is 5.82 Å². The summed E-state index contributed by atoms with van der Waals surface area (Å²) < 4.78 is 18.2. The van der Waals surface area contributed by atoms with Gasteiger partial charge in [0.05, 0.1) is 7.11 Å². The molecule has 3 heteroatoms. The van der Waals surface area contributed by atoms with E-state index in [1.54, 1.807) is 7.11 Å². The maximum Gasteiger partial charge on any atom is 0.123 e. The fourth-order valence-corrected chi connectivity index (χ4v) is 2.39. The quantitative estimate of drug-likeness (QED) is 0.840. The van der Waals surface area contributed by atoms with Crippen molar-refractivity contribution in [3.8, 4) is 5.75 Å². The molecule has 1 unspecified atom stereocenters.